The van der Waals surface area contributed by atoms with Crippen molar-refractivity contribution in [3.8, 4) is 0 Å². The van der Waals surface area contributed by atoms with E-state index in [2.05, 4.69) is 10.3 Å². The maximum Gasteiger partial charge on any atom is 0.326 e. The lowest BCUT2D eigenvalue weighted by Gasteiger charge is -2.26. The van der Waals surface area contributed by atoms with Crippen LogP contribution in [0.15, 0.2) is 29.1 Å². The van der Waals surface area contributed by atoms with Gasteiger partial charge in [-0.2, -0.15) is 16.4 Å². The average Bonchev–Trinajstić information content (AvgIpc) is 3.13. The molecule has 2 aromatic rings. The number of nitrogens with zero attached hydrogens (tertiary/aromatic N) is 4. The van der Waals surface area contributed by atoms with Gasteiger partial charge in [-0.1, -0.05) is 17.3 Å². The second kappa shape index (κ2) is 7.86. The third-order valence-corrected chi connectivity index (χ3v) is 5.23. The molecule has 0 radical (unpaired) electrons. The van der Waals surface area contributed by atoms with Gasteiger partial charge in [0.05, 0.1) is 5.39 Å². The van der Waals surface area contributed by atoms with Crippen LogP contribution in [0.1, 0.15) is 25.3 Å². The smallest absolute Gasteiger partial charge is 0.326 e. The molecule has 1 aliphatic heterocycles. The van der Waals surface area contributed by atoms with Gasteiger partial charge >= 0.3 is 5.97 Å². The van der Waals surface area contributed by atoms with E-state index in [1.807, 2.05) is 6.26 Å². The Balaban J connectivity index is 2.01. The van der Waals surface area contributed by atoms with Crippen molar-refractivity contribution in [2.75, 3.05) is 18.6 Å². The molecule has 8 nitrogen and oxygen atoms in total. The van der Waals surface area contributed by atoms with Crippen molar-refractivity contribution in [2.45, 2.75) is 31.3 Å². The van der Waals surface area contributed by atoms with E-state index < -0.39 is 18.1 Å². The van der Waals surface area contributed by atoms with Gasteiger partial charge in [-0.15, -0.1) is 5.10 Å². The van der Waals surface area contributed by atoms with Crippen LogP contribution in [0.5, 0.6) is 0 Å². The van der Waals surface area contributed by atoms with Gasteiger partial charge < -0.3 is 10.0 Å². The van der Waals surface area contributed by atoms with Gasteiger partial charge in [0.25, 0.3) is 5.56 Å². The van der Waals surface area contributed by atoms with Crippen LogP contribution in [-0.4, -0.2) is 61.5 Å². The molecule has 1 aliphatic rings. The van der Waals surface area contributed by atoms with Crippen molar-refractivity contribution in [1.29, 1.82) is 0 Å². The summed E-state index contributed by atoms with van der Waals surface area (Å²) >= 11 is 1.55. The zero-order valence-corrected chi connectivity index (χ0v) is 15.2. The number of hydrogen-bond acceptors (Lipinski definition) is 6. The third-order valence-electron chi connectivity index (χ3n) is 4.59. The van der Waals surface area contributed by atoms with Gasteiger partial charge in [0.15, 0.2) is 0 Å². The van der Waals surface area contributed by atoms with Crippen molar-refractivity contribution in [1.82, 2.24) is 19.9 Å². The Kier molecular flexibility index (Phi) is 5.55. The van der Waals surface area contributed by atoms with Crippen molar-refractivity contribution >= 4 is 34.5 Å². The first-order chi connectivity index (χ1) is 12.5. The van der Waals surface area contributed by atoms with Gasteiger partial charge in [-0.3, -0.25) is 9.59 Å². The molecule has 0 aliphatic carbocycles. The van der Waals surface area contributed by atoms with E-state index in [0.717, 1.165) is 4.68 Å². The van der Waals surface area contributed by atoms with Gasteiger partial charge in [0, 0.05) is 6.54 Å². The van der Waals surface area contributed by atoms with Gasteiger partial charge in [-0.05, 0) is 43.4 Å². The second-order valence-electron chi connectivity index (χ2n) is 6.18. The average molecular weight is 376 g/mol. The fraction of sp³-hybridized carbons (Fsp3) is 0.471. The molecule has 0 unspecified atom stereocenters. The van der Waals surface area contributed by atoms with E-state index >= 15 is 0 Å². The monoisotopic (exact) mass is 376 g/mol. The van der Waals surface area contributed by atoms with E-state index in [1.54, 1.807) is 36.0 Å². The number of carbonyl (C=O) groups is 2. The van der Waals surface area contributed by atoms with Gasteiger partial charge in [0.1, 0.15) is 17.6 Å². The van der Waals surface area contributed by atoms with Crippen molar-refractivity contribution < 1.29 is 14.7 Å². The number of aromatic nitrogens is 3. The number of thioether (sulfide) groups is 1. The molecule has 0 bridgehead atoms. The maximum absolute atomic E-state index is 13.1. The molecule has 3 rings (SSSR count). The Bertz CT molecular complexity index is 884. The summed E-state index contributed by atoms with van der Waals surface area (Å²) in [4.78, 5) is 38.7. The topological polar surface area (TPSA) is 105 Å². The number of hydrogen-bond donors (Lipinski definition) is 1. The summed E-state index contributed by atoms with van der Waals surface area (Å²) in [7, 11) is 0. The minimum atomic E-state index is -1.02. The van der Waals surface area contributed by atoms with E-state index in [4.69, 9.17) is 0 Å². The molecule has 0 saturated carbocycles. The molecule has 9 heteroatoms. The quantitative estimate of drug-likeness (QED) is 0.806. The fourth-order valence-electron chi connectivity index (χ4n) is 3.26. The molecular weight excluding hydrogens is 356 g/mol. The number of benzene rings is 1. The zero-order chi connectivity index (χ0) is 18.7. The number of carboxylic acids is 1. The molecule has 0 spiro atoms. The summed E-state index contributed by atoms with van der Waals surface area (Å²) in [5, 5.41) is 17.8. The number of carbonyl (C=O) groups excluding carboxylic acids is 1. The van der Waals surface area contributed by atoms with Crippen LogP contribution < -0.4 is 5.56 Å². The molecule has 1 aromatic heterocycles. The number of likely N-dealkylation sites (tertiary alicyclic amines) is 1. The number of fused-ring (bicyclic) bond motifs is 1. The summed E-state index contributed by atoms with van der Waals surface area (Å²) in [6.45, 7) is 0.376. The van der Waals surface area contributed by atoms with Crippen LogP contribution in [0, 0.1) is 0 Å². The molecular formula is C17H20N4O4S. The molecule has 1 N–H and O–H groups in total. The van der Waals surface area contributed by atoms with Crippen molar-refractivity contribution in [3.05, 3.63) is 34.6 Å². The van der Waals surface area contributed by atoms with Crippen LogP contribution in [0.2, 0.25) is 0 Å². The Labute approximate surface area is 154 Å². The lowest BCUT2D eigenvalue weighted by Crippen LogP contribution is -2.46. The molecule has 26 heavy (non-hydrogen) atoms. The minimum absolute atomic E-state index is 0.376. The Hall–Kier alpha value is -2.42. The Morgan fingerprint density at radius 3 is 2.88 bits per heavy atom. The fourth-order valence-corrected chi connectivity index (χ4v) is 3.72. The molecule has 1 amide bonds. The van der Waals surface area contributed by atoms with E-state index in [0.29, 0.717) is 42.5 Å². The van der Waals surface area contributed by atoms with E-state index in [9.17, 15) is 19.5 Å². The predicted molar refractivity (Wildman–Crippen MR) is 98.2 cm³/mol. The molecule has 2 atom stereocenters. The number of carboxylic acid groups (broad SMARTS) is 1. The van der Waals surface area contributed by atoms with Crippen molar-refractivity contribution in [2.24, 2.45) is 0 Å². The highest BCUT2D eigenvalue weighted by atomic mass is 32.2. The summed E-state index contributed by atoms with van der Waals surface area (Å²) in [5.41, 5.74) is 0.0792. The highest BCUT2D eigenvalue weighted by Crippen LogP contribution is 2.24. The number of aliphatic carboxylic acids is 1. The van der Waals surface area contributed by atoms with Crippen LogP contribution in [0.4, 0.5) is 0 Å². The van der Waals surface area contributed by atoms with E-state index in [1.165, 1.54) is 4.90 Å². The zero-order valence-electron chi connectivity index (χ0n) is 14.4. The highest BCUT2D eigenvalue weighted by molar-refractivity contribution is 7.98. The second-order valence-corrected chi connectivity index (χ2v) is 7.17. The minimum Gasteiger partial charge on any atom is -0.480 e. The summed E-state index contributed by atoms with van der Waals surface area (Å²) in [5.74, 6) is -0.754. The number of rotatable bonds is 6. The van der Waals surface area contributed by atoms with Gasteiger partial charge in [-0.25, -0.2) is 4.79 Å². The van der Waals surface area contributed by atoms with Crippen molar-refractivity contribution in [3.63, 3.8) is 0 Å². The summed E-state index contributed by atoms with van der Waals surface area (Å²) < 4.78 is 1.11. The van der Waals surface area contributed by atoms with Gasteiger partial charge in [0.2, 0.25) is 5.91 Å². The largest absolute Gasteiger partial charge is 0.480 e. The molecule has 138 valence electrons. The Morgan fingerprint density at radius 2 is 2.15 bits per heavy atom. The summed E-state index contributed by atoms with van der Waals surface area (Å²) in [6, 6.07) is 5.13. The first-order valence-corrected chi connectivity index (χ1v) is 9.80. The lowest BCUT2D eigenvalue weighted by atomic mass is 10.1. The highest BCUT2D eigenvalue weighted by Gasteiger charge is 2.38. The molecule has 1 fully saturated rings. The SMILES string of the molecule is CSCC[C@@H](C(=O)N1CCC[C@@H]1C(=O)O)n1nnc2ccccc2c1=O. The molecule has 1 aromatic carbocycles. The standard InChI is InChI=1S/C17H20N4O4S/c1-26-10-8-13(16(23)20-9-4-7-14(20)17(24)25)21-15(22)11-5-2-3-6-12(11)18-19-21/h2-3,5-6,13-14H,4,7-10H2,1H3,(H,24,25)/t13-,14+/m0/s1. The maximum atomic E-state index is 13.1. The summed E-state index contributed by atoms with van der Waals surface area (Å²) in [6.07, 6.45) is 3.35. The first-order valence-electron chi connectivity index (χ1n) is 8.41. The van der Waals surface area contributed by atoms with E-state index in [-0.39, 0.29) is 11.5 Å². The lowest BCUT2D eigenvalue weighted by molar-refractivity contribution is -0.149. The first kappa shape index (κ1) is 18.4. The molecule has 2 heterocycles. The normalized spacial score (nSPS) is 18.2. The van der Waals surface area contributed by atoms with Crippen LogP contribution >= 0.6 is 11.8 Å². The third kappa shape index (κ3) is 3.44. The van der Waals surface area contributed by atoms with Crippen LogP contribution in [0.25, 0.3) is 10.9 Å². The van der Waals surface area contributed by atoms with Crippen LogP contribution in [-0.2, 0) is 9.59 Å². The molecule has 1 saturated heterocycles. The predicted octanol–water partition coefficient (Wildman–Crippen LogP) is 1.16. The number of amides is 1. The van der Waals surface area contributed by atoms with Crippen LogP contribution in [0.3, 0.4) is 0 Å². The Morgan fingerprint density at radius 1 is 1.38 bits per heavy atom.